The molecule has 2 fully saturated rings. The highest BCUT2D eigenvalue weighted by Gasteiger charge is 2.59. The van der Waals surface area contributed by atoms with E-state index in [4.69, 9.17) is 0 Å². The van der Waals surface area contributed by atoms with Gasteiger partial charge in [0.25, 0.3) is 0 Å². The summed E-state index contributed by atoms with van der Waals surface area (Å²) in [7, 11) is 0. The Labute approximate surface area is 110 Å². The summed E-state index contributed by atoms with van der Waals surface area (Å²) in [6, 6.07) is 0. The Bertz CT molecular complexity index is 386. The van der Waals surface area contributed by atoms with Gasteiger partial charge in [-0.25, -0.2) is 0 Å². The standard InChI is InChI=1S/C15H25NO2/c1-13(2,3)9-14(4,5)10-16-11(17)8-15(6-7-15)12(16)18/h6-10H2,1-5H3. The third-order valence-corrected chi connectivity index (χ3v) is 3.94. The van der Waals surface area contributed by atoms with Crippen LogP contribution < -0.4 is 0 Å². The second-order valence-corrected chi connectivity index (χ2v) is 8.14. The van der Waals surface area contributed by atoms with Gasteiger partial charge < -0.3 is 0 Å². The van der Waals surface area contributed by atoms with Gasteiger partial charge in [0.2, 0.25) is 11.8 Å². The maximum atomic E-state index is 12.2. The Hall–Kier alpha value is -0.860. The molecule has 0 unspecified atom stereocenters. The van der Waals surface area contributed by atoms with Crippen LogP contribution in [0.25, 0.3) is 0 Å². The van der Waals surface area contributed by atoms with Crippen molar-refractivity contribution in [3.63, 3.8) is 0 Å². The highest BCUT2D eigenvalue weighted by atomic mass is 16.2. The summed E-state index contributed by atoms with van der Waals surface area (Å²) in [4.78, 5) is 25.8. The second-order valence-electron chi connectivity index (χ2n) is 8.14. The molecule has 18 heavy (non-hydrogen) atoms. The molecule has 1 aliphatic carbocycles. The van der Waals surface area contributed by atoms with Crippen molar-refractivity contribution in [1.82, 2.24) is 4.90 Å². The molecule has 1 spiro atoms. The number of nitrogens with zero attached hydrogens (tertiary/aromatic N) is 1. The van der Waals surface area contributed by atoms with Gasteiger partial charge in [-0.1, -0.05) is 34.6 Å². The largest absolute Gasteiger partial charge is 0.282 e. The van der Waals surface area contributed by atoms with Crippen molar-refractivity contribution in [1.29, 1.82) is 0 Å². The Morgan fingerprint density at radius 2 is 1.67 bits per heavy atom. The normalized spacial score (nSPS) is 23.1. The van der Waals surface area contributed by atoms with Gasteiger partial charge in [-0.05, 0) is 30.1 Å². The van der Waals surface area contributed by atoms with E-state index in [0.29, 0.717) is 13.0 Å². The molecular formula is C15H25NO2. The molecule has 102 valence electrons. The third-order valence-electron chi connectivity index (χ3n) is 3.94. The average molecular weight is 251 g/mol. The minimum absolute atomic E-state index is 0.00993. The van der Waals surface area contributed by atoms with Crippen LogP contribution in [-0.4, -0.2) is 23.3 Å². The number of rotatable bonds is 3. The monoisotopic (exact) mass is 251 g/mol. The number of amides is 2. The van der Waals surface area contributed by atoms with Gasteiger partial charge in [-0.2, -0.15) is 0 Å². The summed E-state index contributed by atoms with van der Waals surface area (Å²) in [6.07, 6.45) is 3.28. The fraction of sp³-hybridized carbons (Fsp3) is 0.867. The van der Waals surface area contributed by atoms with Crippen molar-refractivity contribution in [2.24, 2.45) is 16.2 Å². The van der Waals surface area contributed by atoms with Crippen LogP contribution in [-0.2, 0) is 9.59 Å². The Morgan fingerprint density at radius 1 is 1.11 bits per heavy atom. The molecule has 3 heteroatoms. The molecule has 0 bridgehead atoms. The molecule has 0 radical (unpaired) electrons. The van der Waals surface area contributed by atoms with Crippen LogP contribution in [0.2, 0.25) is 0 Å². The SMILES string of the molecule is CC(C)(C)CC(C)(C)CN1C(=O)CC2(CC2)C1=O. The number of imide groups is 1. The summed E-state index contributed by atoms with van der Waals surface area (Å²) in [5.41, 5.74) is -0.0640. The molecular weight excluding hydrogens is 226 g/mol. The highest BCUT2D eigenvalue weighted by molar-refractivity contribution is 6.07. The zero-order chi connectivity index (χ0) is 13.8. The average Bonchev–Trinajstić information content (AvgIpc) is 2.86. The van der Waals surface area contributed by atoms with E-state index < -0.39 is 0 Å². The number of carbonyl (C=O) groups excluding carboxylic acids is 2. The van der Waals surface area contributed by atoms with Crippen LogP contribution in [0, 0.1) is 16.2 Å². The van der Waals surface area contributed by atoms with Crippen molar-refractivity contribution in [2.45, 2.75) is 60.3 Å². The molecule has 0 aromatic rings. The lowest BCUT2D eigenvalue weighted by Crippen LogP contribution is -2.40. The van der Waals surface area contributed by atoms with Crippen LogP contribution in [0.4, 0.5) is 0 Å². The summed E-state index contributed by atoms with van der Waals surface area (Å²) < 4.78 is 0. The molecule has 1 heterocycles. The van der Waals surface area contributed by atoms with Gasteiger partial charge in [0.05, 0.1) is 5.41 Å². The predicted molar refractivity (Wildman–Crippen MR) is 70.9 cm³/mol. The lowest BCUT2D eigenvalue weighted by atomic mass is 9.76. The topological polar surface area (TPSA) is 37.4 Å². The maximum Gasteiger partial charge on any atom is 0.235 e. The van der Waals surface area contributed by atoms with E-state index in [1.807, 2.05) is 0 Å². The van der Waals surface area contributed by atoms with Crippen LogP contribution in [0.3, 0.4) is 0 Å². The van der Waals surface area contributed by atoms with E-state index >= 15 is 0 Å². The minimum atomic E-state index is -0.269. The van der Waals surface area contributed by atoms with Gasteiger partial charge in [-0.3, -0.25) is 14.5 Å². The van der Waals surface area contributed by atoms with Crippen molar-refractivity contribution >= 4 is 11.8 Å². The molecule has 2 amide bonds. The lowest BCUT2D eigenvalue weighted by Gasteiger charge is -2.35. The van der Waals surface area contributed by atoms with Gasteiger partial charge in [0.1, 0.15) is 0 Å². The molecule has 0 atom stereocenters. The van der Waals surface area contributed by atoms with E-state index in [1.165, 1.54) is 4.90 Å². The van der Waals surface area contributed by atoms with E-state index in [-0.39, 0.29) is 28.1 Å². The molecule has 1 aliphatic heterocycles. The van der Waals surface area contributed by atoms with Crippen molar-refractivity contribution < 1.29 is 9.59 Å². The Morgan fingerprint density at radius 3 is 2.06 bits per heavy atom. The first-order valence-electron chi connectivity index (χ1n) is 6.90. The third kappa shape index (κ3) is 2.60. The predicted octanol–water partition coefficient (Wildman–Crippen LogP) is 2.99. The lowest BCUT2D eigenvalue weighted by molar-refractivity contribution is -0.141. The van der Waals surface area contributed by atoms with Crippen LogP contribution in [0.1, 0.15) is 60.3 Å². The number of likely N-dealkylation sites (tertiary alicyclic amines) is 1. The zero-order valence-corrected chi connectivity index (χ0v) is 12.3. The van der Waals surface area contributed by atoms with Gasteiger partial charge in [0, 0.05) is 13.0 Å². The first-order valence-corrected chi connectivity index (χ1v) is 6.90. The quantitative estimate of drug-likeness (QED) is 0.723. The van der Waals surface area contributed by atoms with E-state index in [1.54, 1.807) is 0 Å². The molecule has 0 aromatic carbocycles. The number of hydrogen-bond acceptors (Lipinski definition) is 2. The summed E-state index contributed by atoms with van der Waals surface area (Å²) >= 11 is 0. The molecule has 0 N–H and O–H groups in total. The first kappa shape index (κ1) is 13.6. The summed E-state index contributed by atoms with van der Waals surface area (Å²) in [5, 5.41) is 0. The van der Waals surface area contributed by atoms with E-state index in [9.17, 15) is 9.59 Å². The minimum Gasteiger partial charge on any atom is -0.282 e. The van der Waals surface area contributed by atoms with Gasteiger partial charge in [0.15, 0.2) is 0 Å². The number of hydrogen-bond donors (Lipinski definition) is 0. The smallest absolute Gasteiger partial charge is 0.235 e. The van der Waals surface area contributed by atoms with Gasteiger partial charge >= 0.3 is 0 Å². The Kier molecular flexibility index (Phi) is 2.88. The van der Waals surface area contributed by atoms with Crippen molar-refractivity contribution in [3.05, 3.63) is 0 Å². The van der Waals surface area contributed by atoms with Crippen molar-refractivity contribution in [3.8, 4) is 0 Å². The second kappa shape index (κ2) is 3.82. The van der Waals surface area contributed by atoms with Crippen molar-refractivity contribution in [2.75, 3.05) is 6.54 Å². The fourth-order valence-electron chi connectivity index (χ4n) is 3.48. The summed E-state index contributed by atoms with van der Waals surface area (Å²) in [6.45, 7) is 11.5. The van der Waals surface area contributed by atoms with Crippen LogP contribution >= 0.6 is 0 Å². The molecule has 3 nitrogen and oxygen atoms in total. The first-order chi connectivity index (χ1) is 8.05. The Balaban J connectivity index is 2.05. The molecule has 1 saturated carbocycles. The molecule has 2 rings (SSSR count). The van der Waals surface area contributed by atoms with E-state index in [2.05, 4.69) is 34.6 Å². The highest BCUT2D eigenvalue weighted by Crippen LogP contribution is 2.54. The van der Waals surface area contributed by atoms with E-state index in [0.717, 1.165) is 19.3 Å². The fourth-order valence-corrected chi connectivity index (χ4v) is 3.48. The molecule has 1 saturated heterocycles. The van der Waals surface area contributed by atoms with Gasteiger partial charge in [-0.15, -0.1) is 0 Å². The van der Waals surface area contributed by atoms with Crippen LogP contribution in [0.5, 0.6) is 0 Å². The molecule has 2 aliphatic rings. The zero-order valence-electron chi connectivity index (χ0n) is 12.3. The van der Waals surface area contributed by atoms with Crippen LogP contribution in [0.15, 0.2) is 0 Å². The summed E-state index contributed by atoms with van der Waals surface area (Å²) in [5.74, 6) is 0.133. The molecule has 0 aromatic heterocycles. The number of carbonyl (C=O) groups is 2. The maximum absolute atomic E-state index is 12.2.